The fourth-order valence-corrected chi connectivity index (χ4v) is 2.12. The molecule has 1 aliphatic rings. The van der Waals surface area contributed by atoms with E-state index in [1.165, 1.54) is 12.1 Å². The van der Waals surface area contributed by atoms with Crippen LogP contribution in [0.1, 0.15) is 12.0 Å². The van der Waals surface area contributed by atoms with E-state index in [-0.39, 0.29) is 11.3 Å². The van der Waals surface area contributed by atoms with E-state index in [9.17, 15) is 8.78 Å². The van der Waals surface area contributed by atoms with Crippen molar-refractivity contribution in [3.63, 3.8) is 0 Å². The topological polar surface area (TPSA) is 48.3 Å². The molecule has 1 saturated heterocycles. The zero-order chi connectivity index (χ0) is 14.4. The Morgan fingerprint density at radius 1 is 1.25 bits per heavy atom. The number of ether oxygens (including phenoxy) is 1. The first kappa shape index (κ1) is 14.7. The van der Waals surface area contributed by atoms with Gasteiger partial charge in [-0.2, -0.15) is 5.26 Å². The van der Waals surface area contributed by atoms with Crippen LogP contribution in [0.25, 0.3) is 0 Å². The van der Waals surface area contributed by atoms with Crippen LogP contribution in [0.3, 0.4) is 0 Å². The predicted molar refractivity (Wildman–Crippen MR) is 71.4 cm³/mol. The van der Waals surface area contributed by atoms with Crippen LogP contribution < -0.4 is 5.32 Å². The average molecular weight is 281 g/mol. The lowest BCUT2D eigenvalue weighted by atomic mass is 10.2. The Kier molecular flexibility index (Phi) is 5.27. The van der Waals surface area contributed by atoms with Crippen molar-refractivity contribution in [2.75, 3.05) is 44.7 Å². The monoisotopic (exact) mass is 281 g/mol. The first-order chi connectivity index (χ1) is 9.72. The van der Waals surface area contributed by atoms with Crippen molar-refractivity contribution in [1.82, 2.24) is 4.90 Å². The molecule has 108 valence electrons. The molecule has 1 fully saturated rings. The molecule has 1 heterocycles. The first-order valence-corrected chi connectivity index (χ1v) is 6.64. The van der Waals surface area contributed by atoms with Crippen molar-refractivity contribution in [2.24, 2.45) is 0 Å². The molecule has 1 aromatic rings. The number of benzene rings is 1. The van der Waals surface area contributed by atoms with Crippen LogP contribution in [0, 0.1) is 23.0 Å². The van der Waals surface area contributed by atoms with E-state index in [0.717, 1.165) is 39.3 Å². The second kappa shape index (κ2) is 7.17. The molecule has 1 aliphatic heterocycles. The van der Waals surface area contributed by atoms with Crippen molar-refractivity contribution < 1.29 is 13.5 Å². The van der Waals surface area contributed by atoms with Gasteiger partial charge in [-0.1, -0.05) is 0 Å². The maximum Gasteiger partial charge on any atom is 0.183 e. The van der Waals surface area contributed by atoms with Gasteiger partial charge >= 0.3 is 0 Å². The minimum atomic E-state index is -1.09. The summed E-state index contributed by atoms with van der Waals surface area (Å²) in [6, 6.07) is 4.29. The van der Waals surface area contributed by atoms with Crippen LogP contribution in [-0.2, 0) is 4.74 Å². The second-order valence-electron chi connectivity index (χ2n) is 4.63. The highest BCUT2D eigenvalue weighted by Crippen LogP contribution is 2.20. The molecule has 20 heavy (non-hydrogen) atoms. The number of nitrogens with one attached hydrogen (secondary N) is 1. The lowest BCUT2D eigenvalue weighted by Crippen LogP contribution is -2.37. The van der Waals surface area contributed by atoms with Crippen molar-refractivity contribution in [3.8, 4) is 6.07 Å². The molecule has 2 rings (SSSR count). The highest BCUT2D eigenvalue weighted by molar-refractivity contribution is 5.49. The number of nitriles is 1. The summed E-state index contributed by atoms with van der Waals surface area (Å²) < 4.78 is 32.3. The highest BCUT2D eigenvalue weighted by Gasteiger charge is 2.13. The third-order valence-electron chi connectivity index (χ3n) is 3.27. The summed E-state index contributed by atoms with van der Waals surface area (Å²) in [4.78, 5) is 2.28. The third-order valence-corrected chi connectivity index (χ3v) is 3.27. The van der Waals surface area contributed by atoms with Gasteiger partial charge < -0.3 is 10.1 Å². The molecular weight excluding hydrogens is 264 g/mol. The third kappa shape index (κ3) is 3.65. The van der Waals surface area contributed by atoms with Crippen molar-refractivity contribution in [3.05, 3.63) is 29.3 Å². The van der Waals surface area contributed by atoms with Gasteiger partial charge in [0.1, 0.15) is 6.07 Å². The molecule has 4 nitrogen and oxygen atoms in total. The Labute approximate surface area is 116 Å². The summed E-state index contributed by atoms with van der Waals surface area (Å²) in [7, 11) is 0. The number of hydrogen-bond donors (Lipinski definition) is 1. The molecule has 0 aliphatic carbocycles. The number of rotatable bonds is 5. The van der Waals surface area contributed by atoms with Gasteiger partial charge in [-0.3, -0.25) is 4.90 Å². The zero-order valence-electron chi connectivity index (χ0n) is 11.2. The maximum absolute atomic E-state index is 13.6. The molecule has 1 aromatic carbocycles. The second-order valence-corrected chi connectivity index (χ2v) is 4.63. The Bertz CT molecular complexity index is 496. The van der Waals surface area contributed by atoms with Gasteiger partial charge in [0.2, 0.25) is 0 Å². The number of halogens is 2. The van der Waals surface area contributed by atoms with Gasteiger partial charge in [0, 0.05) is 19.6 Å². The molecule has 0 atom stereocenters. The summed E-state index contributed by atoms with van der Waals surface area (Å²) in [5, 5.41) is 11.5. The van der Waals surface area contributed by atoms with Crippen molar-refractivity contribution >= 4 is 5.69 Å². The Balaban J connectivity index is 1.79. The molecule has 0 aromatic heterocycles. The quantitative estimate of drug-likeness (QED) is 0.838. The van der Waals surface area contributed by atoms with Gasteiger partial charge in [0.15, 0.2) is 11.6 Å². The van der Waals surface area contributed by atoms with E-state index in [4.69, 9.17) is 10.00 Å². The molecular formula is C14H17F2N3O. The van der Waals surface area contributed by atoms with E-state index in [2.05, 4.69) is 10.2 Å². The molecule has 0 amide bonds. The van der Waals surface area contributed by atoms with Crippen molar-refractivity contribution in [1.29, 1.82) is 5.26 Å². The van der Waals surface area contributed by atoms with Crippen LogP contribution in [0.2, 0.25) is 0 Å². The van der Waals surface area contributed by atoms with Crippen LogP contribution in [-0.4, -0.2) is 44.3 Å². The summed E-state index contributed by atoms with van der Waals surface area (Å²) in [6.45, 7) is 4.79. The standard InChI is InChI=1S/C14H17F2N3O/c15-13-11(10-17)2-3-12(14(13)16)18-4-1-5-19-6-8-20-9-7-19/h2-3,18H,1,4-9H2. The van der Waals surface area contributed by atoms with Gasteiger partial charge in [-0.25, -0.2) is 8.78 Å². The van der Waals surface area contributed by atoms with Crippen LogP contribution in [0.5, 0.6) is 0 Å². The molecule has 0 saturated carbocycles. The fraction of sp³-hybridized carbons (Fsp3) is 0.500. The molecule has 0 unspecified atom stereocenters. The first-order valence-electron chi connectivity index (χ1n) is 6.64. The van der Waals surface area contributed by atoms with Gasteiger partial charge in [0.25, 0.3) is 0 Å². The van der Waals surface area contributed by atoms with E-state index >= 15 is 0 Å². The summed E-state index contributed by atoms with van der Waals surface area (Å²) in [6.07, 6.45) is 0.834. The van der Waals surface area contributed by atoms with Gasteiger partial charge in [-0.15, -0.1) is 0 Å². The van der Waals surface area contributed by atoms with E-state index in [0.29, 0.717) is 6.54 Å². The molecule has 6 heteroatoms. The SMILES string of the molecule is N#Cc1ccc(NCCCN2CCOCC2)c(F)c1F. The Morgan fingerprint density at radius 3 is 2.70 bits per heavy atom. The summed E-state index contributed by atoms with van der Waals surface area (Å²) in [5.41, 5.74) is -0.176. The number of nitrogens with zero attached hydrogens (tertiary/aromatic N) is 2. The zero-order valence-corrected chi connectivity index (χ0v) is 11.2. The maximum atomic E-state index is 13.6. The lowest BCUT2D eigenvalue weighted by molar-refractivity contribution is 0.0378. The van der Waals surface area contributed by atoms with E-state index in [1.807, 2.05) is 0 Å². The lowest BCUT2D eigenvalue weighted by Gasteiger charge is -2.26. The van der Waals surface area contributed by atoms with Crippen LogP contribution in [0.15, 0.2) is 12.1 Å². The molecule has 0 radical (unpaired) electrons. The van der Waals surface area contributed by atoms with E-state index < -0.39 is 11.6 Å². The number of anilines is 1. The molecule has 0 bridgehead atoms. The van der Waals surface area contributed by atoms with Gasteiger partial charge in [-0.05, 0) is 25.1 Å². The Morgan fingerprint density at radius 2 is 2.00 bits per heavy atom. The summed E-state index contributed by atoms with van der Waals surface area (Å²) >= 11 is 0. The predicted octanol–water partition coefficient (Wildman–Crippen LogP) is 1.97. The number of hydrogen-bond acceptors (Lipinski definition) is 4. The minimum Gasteiger partial charge on any atom is -0.383 e. The Hall–Kier alpha value is -1.71. The smallest absolute Gasteiger partial charge is 0.183 e. The van der Waals surface area contributed by atoms with Crippen LogP contribution in [0.4, 0.5) is 14.5 Å². The summed E-state index contributed by atoms with van der Waals surface area (Å²) in [5.74, 6) is -2.08. The minimum absolute atomic E-state index is 0.100. The highest BCUT2D eigenvalue weighted by atomic mass is 19.2. The number of morpholine rings is 1. The normalized spacial score (nSPS) is 15.8. The largest absolute Gasteiger partial charge is 0.383 e. The molecule has 1 N–H and O–H groups in total. The average Bonchev–Trinajstić information content (AvgIpc) is 2.49. The van der Waals surface area contributed by atoms with Crippen LogP contribution >= 0.6 is 0 Å². The van der Waals surface area contributed by atoms with Crippen molar-refractivity contribution in [2.45, 2.75) is 6.42 Å². The molecule has 0 spiro atoms. The fourth-order valence-electron chi connectivity index (χ4n) is 2.12. The van der Waals surface area contributed by atoms with Gasteiger partial charge in [0.05, 0.1) is 24.5 Å². The van der Waals surface area contributed by atoms with E-state index in [1.54, 1.807) is 6.07 Å².